The van der Waals surface area contributed by atoms with Crippen LogP contribution in [0, 0.1) is 11.6 Å². The summed E-state index contributed by atoms with van der Waals surface area (Å²) in [5, 5.41) is 0. The minimum absolute atomic E-state index is 0.159. The maximum Gasteiger partial charge on any atom is 0.340 e. The molecule has 2 aromatic rings. The molecule has 0 amide bonds. The highest BCUT2D eigenvalue weighted by Gasteiger charge is 2.19. The zero-order valence-electron chi connectivity index (χ0n) is 12.3. The van der Waals surface area contributed by atoms with E-state index in [-0.39, 0.29) is 16.9 Å². The molecule has 0 unspecified atom stereocenters. The SMILES string of the molecule is C=Cc1c(N(C)c2ccc(F)cc2)ccc(C(=O)OC)c1F. The van der Waals surface area contributed by atoms with E-state index in [9.17, 15) is 13.6 Å². The van der Waals surface area contributed by atoms with Crippen LogP contribution in [0.4, 0.5) is 20.2 Å². The Morgan fingerprint density at radius 3 is 2.36 bits per heavy atom. The lowest BCUT2D eigenvalue weighted by atomic mass is 10.1. The molecule has 0 saturated carbocycles. The van der Waals surface area contributed by atoms with Gasteiger partial charge in [0.1, 0.15) is 11.6 Å². The largest absolute Gasteiger partial charge is 0.465 e. The minimum Gasteiger partial charge on any atom is -0.465 e. The van der Waals surface area contributed by atoms with Crippen molar-refractivity contribution in [2.45, 2.75) is 0 Å². The van der Waals surface area contributed by atoms with Gasteiger partial charge in [-0.25, -0.2) is 13.6 Å². The van der Waals surface area contributed by atoms with E-state index in [1.54, 1.807) is 30.1 Å². The molecular weight excluding hydrogens is 288 g/mol. The first-order valence-electron chi connectivity index (χ1n) is 6.52. The highest BCUT2D eigenvalue weighted by molar-refractivity contribution is 5.92. The molecule has 0 aliphatic rings. The number of esters is 1. The summed E-state index contributed by atoms with van der Waals surface area (Å²) in [6.07, 6.45) is 1.33. The molecule has 22 heavy (non-hydrogen) atoms. The molecular formula is C17H15F2NO2. The standard InChI is InChI=1S/C17H15F2NO2/c1-4-13-15(10-9-14(16(13)19)17(21)22-3)20(2)12-7-5-11(18)6-8-12/h4-10H,1H2,2-3H3. The quantitative estimate of drug-likeness (QED) is 0.794. The van der Waals surface area contributed by atoms with E-state index >= 15 is 0 Å². The second-order valence-electron chi connectivity index (χ2n) is 4.59. The number of halogens is 2. The third-order valence-corrected chi connectivity index (χ3v) is 3.34. The van der Waals surface area contributed by atoms with Gasteiger partial charge in [-0.2, -0.15) is 0 Å². The van der Waals surface area contributed by atoms with Crippen LogP contribution in [0.25, 0.3) is 6.08 Å². The Balaban J connectivity index is 2.51. The van der Waals surface area contributed by atoms with Crippen molar-refractivity contribution in [2.24, 2.45) is 0 Å². The number of methoxy groups -OCH3 is 1. The van der Waals surface area contributed by atoms with Gasteiger partial charge in [0.25, 0.3) is 0 Å². The second kappa shape index (κ2) is 6.39. The Labute approximate surface area is 127 Å². The first-order chi connectivity index (χ1) is 10.5. The maximum atomic E-state index is 14.5. The average molecular weight is 303 g/mol. The van der Waals surface area contributed by atoms with Crippen LogP contribution < -0.4 is 4.90 Å². The van der Waals surface area contributed by atoms with Gasteiger partial charge in [-0.1, -0.05) is 12.7 Å². The van der Waals surface area contributed by atoms with Crippen molar-refractivity contribution in [3.63, 3.8) is 0 Å². The van der Waals surface area contributed by atoms with E-state index < -0.39 is 11.8 Å². The molecule has 114 valence electrons. The third kappa shape index (κ3) is 2.83. The molecule has 0 saturated heterocycles. The molecule has 0 fully saturated rings. The lowest BCUT2D eigenvalue weighted by molar-refractivity contribution is 0.0595. The summed E-state index contributed by atoms with van der Waals surface area (Å²) >= 11 is 0. The fourth-order valence-corrected chi connectivity index (χ4v) is 2.14. The second-order valence-corrected chi connectivity index (χ2v) is 4.59. The van der Waals surface area contributed by atoms with Gasteiger partial charge in [-0.15, -0.1) is 0 Å². The van der Waals surface area contributed by atoms with Crippen molar-refractivity contribution in [2.75, 3.05) is 19.1 Å². The Hall–Kier alpha value is -2.69. The van der Waals surface area contributed by atoms with Crippen molar-refractivity contribution < 1.29 is 18.3 Å². The van der Waals surface area contributed by atoms with E-state index in [1.165, 1.54) is 31.4 Å². The smallest absolute Gasteiger partial charge is 0.340 e. The summed E-state index contributed by atoms with van der Waals surface area (Å²) in [4.78, 5) is 13.2. The molecule has 3 nitrogen and oxygen atoms in total. The zero-order chi connectivity index (χ0) is 16.3. The van der Waals surface area contributed by atoms with Gasteiger partial charge in [-0.05, 0) is 36.4 Å². The summed E-state index contributed by atoms with van der Waals surface area (Å²) in [7, 11) is 2.90. The van der Waals surface area contributed by atoms with Crippen LogP contribution in [0.1, 0.15) is 15.9 Å². The number of benzene rings is 2. The zero-order valence-corrected chi connectivity index (χ0v) is 12.3. The number of nitrogens with zero attached hydrogens (tertiary/aromatic N) is 1. The number of rotatable bonds is 4. The Kier molecular flexibility index (Phi) is 4.56. The normalized spacial score (nSPS) is 10.2. The average Bonchev–Trinajstić information content (AvgIpc) is 2.53. The van der Waals surface area contributed by atoms with Crippen LogP contribution in [0.2, 0.25) is 0 Å². The topological polar surface area (TPSA) is 29.5 Å². The first kappa shape index (κ1) is 15.7. The van der Waals surface area contributed by atoms with E-state index in [1.807, 2.05) is 0 Å². The number of carbonyl (C=O) groups excluding carboxylic acids is 1. The van der Waals surface area contributed by atoms with Gasteiger partial charge in [0.2, 0.25) is 0 Å². The summed E-state index contributed by atoms with van der Waals surface area (Å²) in [6, 6.07) is 8.74. The van der Waals surface area contributed by atoms with Crippen molar-refractivity contribution in [1.29, 1.82) is 0 Å². The van der Waals surface area contributed by atoms with E-state index in [4.69, 9.17) is 0 Å². The molecule has 0 radical (unpaired) electrons. The third-order valence-electron chi connectivity index (χ3n) is 3.34. The molecule has 0 heterocycles. The van der Waals surface area contributed by atoms with Gasteiger partial charge < -0.3 is 9.64 Å². The van der Waals surface area contributed by atoms with E-state index in [0.717, 1.165) is 0 Å². The number of carbonyl (C=O) groups is 1. The summed E-state index contributed by atoms with van der Waals surface area (Å²) in [5.41, 5.74) is 1.20. The Morgan fingerprint density at radius 1 is 1.18 bits per heavy atom. The monoisotopic (exact) mass is 303 g/mol. The number of anilines is 2. The van der Waals surface area contributed by atoms with Gasteiger partial charge in [0, 0.05) is 18.3 Å². The lowest BCUT2D eigenvalue weighted by Gasteiger charge is -2.22. The molecule has 5 heteroatoms. The number of ether oxygens (including phenoxy) is 1. The molecule has 0 N–H and O–H groups in total. The van der Waals surface area contributed by atoms with Gasteiger partial charge in [-0.3, -0.25) is 0 Å². The lowest BCUT2D eigenvalue weighted by Crippen LogP contribution is -2.14. The summed E-state index contributed by atoms with van der Waals surface area (Å²) in [5.74, 6) is -1.81. The first-order valence-corrected chi connectivity index (χ1v) is 6.52. The minimum atomic E-state index is -0.753. The highest BCUT2D eigenvalue weighted by atomic mass is 19.1. The predicted octanol–water partition coefficient (Wildman–Crippen LogP) is 4.16. The predicted molar refractivity (Wildman–Crippen MR) is 82.3 cm³/mol. The van der Waals surface area contributed by atoms with E-state index in [0.29, 0.717) is 11.4 Å². The van der Waals surface area contributed by atoms with Crippen LogP contribution in [-0.4, -0.2) is 20.1 Å². The fraction of sp³-hybridized carbons (Fsp3) is 0.118. The van der Waals surface area contributed by atoms with Gasteiger partial charge in [0.15, 0.2) is 0 Å². The van der Waals surface area contributed by atoms with Gasteiger partial charge >= 0.3 is 5.97 Å². The van der Waals surface area contributed by atoms with Crippen LogP contribution in [-0.2, 0) is 4.74 Å². The van der Waals surface area contributed by atoms with Crippen LogP contribution in [0.3, 0.4) is 0 Å². The van der Waals surface area contributed by atoms with Crippen LogP contribution in [0.15, 0.2) is 43.0 Å². The molecule has 0 aliphatic carbocycles. The highest BCUT2D eigenvalue weighted by Crippen LogP contribution is 2.31. The van der Waals surface area contributed by atoms with Gasteiger partial charge in [0.05, 0.1) is 18.4 Å². The molecule has 2 rings (SSSR count). The summed E-state index contributed by atoms with van der Waals surface area (Å²) < 4.78 is 32.0. The van der Waals surface area contributed by atoms with Crippen molar-refractivity contribution >= 4 is 23.4 Å². The Bertz CT molecular complexity index is 711. The maximum absolute atomic E-state index is 14.5. The van der Waals surface area contributed by atoms with E-state index in [2.05, 4.69) is 11.3 Å². The molecule has 0 aliphatic heterocycles. The van der Waals surface area contributed by atoms with Crippen molar-refractivity contribution in [3.05, 3.63) is 65.7 Å². The number of hydrogen-bond donors (Lipinski definition) is 0. The molecule has 0 aromatic heterocycles. The summed E-state index contributed by atoms with van der Waals surface area (Å²) in [6.45, 7) is 3.59. The molecule has 0 bridgehead atoms. The van der Waals surface area contributed by atoms with Crippen molar-refractivity contribution in [1.82, 2.24) is 0 Å². The molecule has 0 spiro atoms. The molecule has 0 atom stereocenters. The Morgan fingerprint density at radius 2 is 1.82 bits per heavy atom. The molecule has 2 aromatic carbocycles. The van der Waals surface area contributed by atoms with Crippen LogP contribution >= 0.6 is 0 Å². The number of hydrogen-bond acceptors (Lipinski definition) is 3. The van der Waals surface area contributed by atoms with Crippen LogP contribution in [0.5, 0.6) is 0 Å². The fourth-order valence-electron chi connectivity index (χ4n) is 2.14. The van der Waals surface area contributed by atoms with Crippen molar-refractivity contribution in [3.8, 4) is 0 Å².